The average Bonchev–Trinajstić information content (AvgIpc) is 2.74. The standard InChI is InChI=1S/C26H35N3O2/c1-19(2)14-24(30)29-13-7-11-26(18-29,25(31)28-20(3)4)16-21-8-5-9-22(15-21)23-10-6-12-27-17-23/h5-6,8-10,12,15,17,19-20H,7,11,13-14,16,18H2,1-4H3,(H,28,31). The lowest BCUT2D eigenvalue weighted by Crippen LogP contribution is -2.55. The smallest absolute Gasteiger partial charge is 0.228 e. The van der Waals surface area contributed by atoms with Crippen LogP contribution < -0.4 is 5.32 Å². The van der Waals surface area contributed by atoms with Crippen molar-refractivity contribution in [3.8, 4) is 11.1 Å². The summed E-state index contributed by atoms with van der Waals surface area (Å²) in [5, 5.41) is 3.13. The molecule has 0 spiro atoms. The summed E-state index contributed by atoms with van der Waals surface area (Å²) >= 11 is 0. The van der Waals surface area contributed by atoms with Crippen molar-refractivity contribution in [3.63, 3.8) is 0 Å². The molecule has 1 atom stereocenters. The summed E-state index contributed by atoms with van der Waals surface area (Å²) < 4.78 is 0. The number of piperidine rings is 1. The van der Waals surface area contributed by atoms with Crippen LogP contribution >= 0.6 is 0 Å². The Balaban J connectivity index is 1.89. The predicted molar refractivity (Wildman–Crippen MR) is 124 cm³/mol. The lowest BCUT2D eigenvalue weighted by molar-refractivity contribution is -0.142. The summed E-state index contributed by atoms with van der Waals surface area (Å²) in [7, 11) is 0. The maximum absolute atomic E-state index is 13.4. The van der Waals surface area contributed by atoms with Crippen molar-refractivity contribution in [2.45, 2.75) is 59.4 Å². The Morgan fingerprint density at radius 3 is 2.58 bits per heavy atom. The van der Waals surface area contributed by atoms with Gasteiger partial charge in [0.25, 0.3) is 0 Å². The van der Waals surface area contributed by atoms with Crippen LogP contribution in [0.25, 0.3) is 11.1 Å². The zero-order valence-electron chi connectivity index (χ0n) is 19.2. The summed E-state index contributed by atoms with van der Waals surface area (Å²) in [4.78, 5) is 32.4. The second kappa shape index (κ2) is 10.1. The Hall–Kier alpha value is -2.69. The van der Waals surface area contributed by atoms with Crippen LogP contribution in [-0.2, 0) is 16.0 Å². The molecule has 1 unspecified atom stereocenters. The molecule has 1 aromatic carbocycles. The fourth-order valence-electron chi connectivity index (χ4n) is 4.43. The summed E-state index contributed by atoms with van der Waals surface area (Å²) in [5.41, 5.74) is 2.65. The van der Waals surface area contributed by atoms with Crippen LogP contribution in [0.4, 0.5) is 0 Å². The van der Waals surface area contributed by atoms with Gasteiger partial charge in [-0.15, -0.1) is 0 Å². The van der Waals surface area contributed by atoms with Crippen LogP contribution in [0.1, 0.15) is 52.5 Å². The molecule has 2 heterocycles. The van der Waals surface area contributed by atoms with Gasteiger partial charge < -0.3 is 10.2 Å². The Morgan fingerprint density at radius 1 is 1.13 bits per heavy atom. The minimum absolute atomic E-state index is 0.0522. The number of carbonyl (C=O) groups is 2. The monoisotopic (exact) mass is 421 g/mol. The molecule has 0 radical (unpaired) electrons. The SMILES string of the molecule is CC(C)CC(=O)N1CCCC(Cc2cccc(-c3cccnc3)c2)(C(=O)NC(C)C)C1. The number of pyridine rings is 1. The van der Waals surface area contributed by atoms with Crippen LogP contribution in [0, 0.1) is 11.3 Å². The first-order chi connectivity index (χ1) is 14.8. The molecule has 3 rings (SSSR count). The third-order valence-corrected chi connectivity index (χ3v) is 5.88. The molecule has 31 heavy (non-hydrogen) atoms. The Bertz CT molecular complexity index is 895. The number of benzene rings is 1. The molecule has 1 N–H and O–H groups in total. The van der Waals surface area contributed by atoms with E-state index >= 15 is 0 Å². The van der Waals surface area contributed by atoms with Crippen molar-refractivity contribution in [2.24, 2.45) is 11.3 Å². The number of amides is 2. The van der Waals surface area contributed by atoms with E-state index in [0.717, 1.165) is 36.1 Å². The number of rotatable bonds is 7. The number of likely N-dealkylation sites (tertiary alicyclic amines) is 1. The highest BCUT2D eigenvalue weighted by Gasteiger charge is 2.43. The lowest BCUT2D eigenvalue weighted by Gasteiger charge is -2.42. The highest BCUT2D eigenvalue weighted by atomic mass is 16.2. The van der Waals surface area contributed by atoms with Crippen LogP contribution in [0.15, 0.2) is 48.8 Å². The maximum atomic E-state index is 13.4. The Morgan fingerprint density at radius 2 is 1.90 bits per heavy atom. The molecule has 0 saturated carbocycles. The normalized spacial score (nSPS) is 19.0. The highest BCUT2D eigenvalue weighted by Crippen LogP contribution is 2.36. The van der Waals surface area contributed by atoms with Gasteiger partial charge in [-0.05, 0) is 61.8 Å². The van der Waals surface area contributed by atoms with E-state index in [1.54, 1.807) is 6.20 Å². The van der Waals surface area contributed by atoms with Gasteiger partial charge in [-0.1, -0.05) is 44.2 Å². The largest absolute Gasteiger partial charge is 0.353 e. The molecule has 5 nitrogen and oxygen atoms in total. The van der Waals surface area contributed by atoms with Crippen molar-refractivity contribution in [2.75, 3.05) is 13.1 Å². The van der Waals surface area contributed by atoms with Crippen LogP contribution in [0.2, 0.25) is 0 Å². The first-order valence-electron chi connectivity index (χ1n) is 11.4. The first-order valence-corrected chi connectivity index (χ1v) is 11.4. The summed E-state index contributed by atoms with van der Waals surface area (Å²) in [5.74, 6) is 0.515. The van der Waals surface area contributed by atoms with Crippen molar-refractivity contribution in [3.05, 3.63) is 54.4 Å². The van der Waals surface area contributed by atoms with Gasteiger partial charge in [0.1, 0.15) is 0 Å². The summed E-state index contributed by atoms with van der Waals surface area (Å²) in [6.45, 7) is 9.31. The maximum Gasteiger partial charge on any atom is 0.228 e. The van der Waals surface area contributed by atoms with E-state index < -0.39 is 5.41 Å². The van der Waals surface area contributed by atoms with Gasteiger partial charge in [0, 0.05) is 37.9 Å². The third-order valence-electron chi connectivity index (χ3n) is 5.88. The van der Waals surface area contributed by atoms with Gasteiger partial charge in [0.2, 0.25) is 11.8 Å². The summed E-state index contributed by atoms with van der Waals surface area (Å²) in [6, 6.07) is 12.4. The quantitative estimate of drug-likeness (QED) is 0.717. The van der Waals surface area contributed by atoms with Gasteiger partial charge in [-0.25, -0.2) is 0 Å². The molecule has 2 amide bonds. The molecule has 5 heteroatoms. The lowest BCUT2D eigenvalue weighted by atomic mass is 9.73. The van der Waals surface area contributed by atoms with E-state index in [9.17, 15) is 9.59 Å². The highest BCUT2D eigenvalue weighted by molar-refractivity contribution is 5.85. The van der Waals surface area contributed by atoms with Gasteiger partial charge in [-0.2, -0.15) is 0 Å². The Labute approximate surface area is 186 Å². The van der Waals surface area contributed by atoms with E-state index in [4.69, 9.17) is 0 Å². The first kappa shape index (κ1) is 23.0. The van der Waals surface area contributed by atoms with Crippen LogP contribution in [0.3, 0.4) is 0 Å². The fourth-order valence-corrected chi connectivity index (χ4v) is 4.43. The minimum Gasteiger partial charge on any atom is -0.353 e. The third kappa shape index (κ3) is 5.93. The molecule has 1 aromatic heterocycles. The van der Waals surface area contributed by atoms with E-state index in [0.29, 0.717) is 25.3 Å². The summed E-state index contributed by atoms with van der Waals surface area (Å²) in [6.07, 6.45) is 6.39. The average molecular weight is 422 g/mol. The minimum atomic E-state index is -0.608. The number of hydrogen-bond donors (Lipinski definition) is 1. The molecule has 0 bridgehead atoms. The zero-order chi connectivity index (χ0) is 22.4. The number of aromatic nitrogens is 1. The van der Waals surface area contributed by atoms with Crippen LogP contribution in [0.5, 0.6) is 0 Å². The second-order valence-corrected chi connectivity index (χ2v) is 9.54. The molecule has 1 fully saturated rings. The van der Waals surface area contributed by atoms with Gasteiger partial charge >= 0.3 is 0 Å². The molecular formula is C26H35N3O2. The van der Waals surface area contributed by atoms with Gasteiger partial charge in [0.05, 0.1) is 5.41 Å². The van der Waals surface area contributed by atoms with E-state index in [1.165, 1.54) is 0 Å². The molecule has 166 valence electrons. The van der Waals surface area contributed by atoms with E-state index in [2.05, 4.69) is 42.3 Å². The molecule has 2 aromatic rings. The number of carbonyl (C=O) groups excluding carboxylic acids is 2. The number of nitrogens with one attached hydrogen (secondary N) is 1. The van der Waals surface area contributed by atoms with Crippen molar-refractivity contribution >= 4 is 11.8 Å². The number of hydrogen-bond acceptors (Lipinski definition) is 3. The number of nitrogens with zero attached hydrogens (tertiary/aromatic N) is 2. The van der Waals surface area contributed by atoms with Gasteiger partial charge in [-0.3, -0.25) is 14.6 Å². The van der Waals surface area contributed by atoms with Crippen molar-refractivity contribution < 1.29 is 9.59 Å². The van der Waals surface area contributed by atoms with E-state index in [1.807, 2.05) is 43.1 Å². The van der Waals surface area contributed by atoms with Crippen molar-refractivity contribution in [1.82, 2.24) is 15.2 Å². The molecular weight excluding hydrogens is 386 g/mol. The molecule has 1 aliphatic rings. The molecule has 1 aliphatic heterocycles. The zero-order valence-corrected chi connectivity index (χ0v) is 19.2. The van der Waals surface area contributed by atoms with Crippen LogP contribution in [-0.4, -0.2) is 40.8 Å². The molecule has 1 saturated heterocycles. The van der Waals surface area contributed by atoms with E-state index in [-0.39, 0.29) is 17.9 Å². The van der Waals surface area contributed by atoms with Crippen molar-refractivity contribution in [1.29, 1.82) is 0 Å². The predicted octanol–water partition coefficient (Wildman–Crippen LogP) is 4.47. The van der Waals surface area contributed by atoms with Gasteiger partial charge in [0.15, 0.2) is 0 Å². The second-order valence-electron chi connectivity index (χ2n) is 9.54. The topological polar surface area (TPSA) is 62.3 Å². The molecule has 0 aliphatic carbocycles. The Kier molecular flexibility index (Phi) is 7.47. The fraction of sp³-hybridized carbons (Fsp3) is 0.500.